The molecule has 0 bridgehead atoms. The summed E-state index contributed by atoms with van der Waals surface area (Å²) < 4.78 is 5.30. The molecule has 1 saturated heterocycles. The number of hydrogen-bond donors (Lipinski definition) is 2. The molecule has 1 unspecified atom stereocenters. The Hall–Kier alpha value is -1.96. The quantitative estimate of drug-likeness (QED) is 0.736. The van der Waals surface area contributed by atoms with Crippen LogP contribution in [0.3, 0.4) is 0 Å². The molecular weight excluding hydrogens is 370 g/mol. The molecule has 4 rings (SSSR count). The highest BCUT2D eigenvalue weighted by molar-refractivity contribution is 7.16. The van der Waals surface area contributed by atoms with Crippen LogP contribution in [0.5, 0.6) is 0 Å². The normalized spacial score (nSPS) is 18.7. The van der Waals surface area contributed by atoms with Crippen molar-refractivity contribution in [2.45, 2.75) is 38.6 Å². The van der Waals surface area contributed by atoms with Gasteiger partial charge >= 0.3 is 0 Å². The molecule has 0 amide bonds. The van der Waals surface area contributed by atoms with E-state index < -0.39 is 0 Å². The molecule has 2 aliphatic heterocycles. The Kier molecular flexibility index (Phi) is 6.24. The molecule has 7 heteroatoms. The number of nitrogens with one attached hydrogen (secondary N) is 2. The third-order valence-corrected chi connectivity index (χ3v) is 6.35. The van der Waals surface area contributed by atoms with Gasteiger partial charge in [0.15, 0.2) is 0 Å². The van der Waals surface area contributed by atoms with E-state index in [2.05, 4.69) is 34.7 Å². The lowest BCUT2D eigenvalue weighted by atomic mass is 10.1. The molecule has 0 aromatic carbocycles. The molecule has 2 N–H and O–H groups in total. The van der Waals surface area contributed by atoms with Crippen LogP contribution in [0.25, 0.3) is 11.9 Å². The number of fused-ring (bicyclic) bond motifs is 2. The molecule has 2 aliphatic rings. The molecule has 1 fully saturated rings. The Balaban J connectivity index is 1.76. The third-order valence-electron chi connectivity index (χ3n) is 5.30. The third kappa shape index (κ3) is 4.06. The Morgan fingerprint density at radius 3 is 3.18 bits per heavy atom. The zero-order valence-corrected chi connectivity index (χ0v) is 17.5. The van der Waals surface area contributed by atoms with Crippen LogP contribution >= 0.6 is 11.3 Å². The highest BCUT2D eigenvalue weighted by atomic mass is 32.1. The van der Waals surface area contributed by atoms with Gasteiger partial charge in [0.25, 0.3) is 0 Å². The van der Waals surface area contributed by atoms with Crippen molar-refractivity contribution in [3.05, 3.63) is 39.6 Å². The SMILES string of the molecule is CCCCc1nc2c(s1)NC=c1cccnc1=C2N1CCNC(CCOC)C1. The van der Waals surface area contributed by atoms with E-state index in [4.69, 9.17) is 14.7 Å². The van der Waals surface area contributed by atoms with Crippen LogP contribution in [0.2, 0.25) is 0 Å². The van der Waals surface area contributed by atoms with Gasteiger partial charge in [0.1, 0.15) is 10.7 Å². The van der Waals surface area contributed by atoms with Crippen LogP contribution in [-0.2, 0) is 11.2 Å². The summed E-state index contributed by atoms with van der Waals surface area (Å²) in [5.74, 6) is 0. The number of unbranched alkanes of at least 4 members (excludes halogenated alkanes) is 1. The van der Waals surface area contributed by atoms with Gasteiger partial charge in [0, 0.05) is 57.0 Å². The standard InChI is InChI=1S/C21H29N5OS/c1-3-4-7-17-25-19-20(26-11-10-22-16(14-26)8-12-27-2)18-15(6-5-9-23-18)13-24-21(19)28-17/h5-6,9,13,16,22,24H,3-4,7-8,10-12,14H2,1-2H3. The second-order valence-electron chi connectivity index (χ2n) is 7.35. The molecule has 0 radical (unpaired) electrons. The molecule has 1 atom stereocenters. The Morgan fingerprint density at radius 2 is 2.32 bits per heavy atom. The summed E-state index contributed by atoms with van der Waals surface area (Å²) in [6.07, 6.45) is 8.35. The van der Waals surface area contributed by atoms with Gasteiger partial charge in [-0.25, -0.2) is 4.98 Å². The van der Waals surface area contributed by atoms with Crippen molar-refractivity contribution < 1.29 is 4.74 Å². The highest BCUT2D eigenvalue weighted by Crippen LogP contribution is 2.32. The van der Waals surface area contributed by atoms with Crippen molar-refractivity contribution in [2.75, 3.05) is 38.7 Å². The molecule has 4 heterocycles. The van der Waals surface area contributed by atoms with Gasteiger partial charge in [-0.1, -0.05) is 13.3 Å². The monoisotopic (exact) mass is 399 g/mol. The number of nitrogens with zero attached hydrogens (tertiary/aromatic N) is 3. The minimum Gasteiger partial charge on any atom is -0.385 e. The summed E-state index contributed by atoms with van der Waals surface area (Å²) in [4.78, 5) is 12.3. The highest BCUT2D eigenvalue weighted by Gasteiger charge is 2.27. The predicted octanol–water partition coefficient (Wildman–Crippen LogP) is 1.51. The first-order valence-corrected chi connectivity index (χ1v) is 11.0. The second-order valence-corrected chi connectivity index (χ2v) is 8.43. The van der Waals surface area contributed by atoms with Crippen molar-refractivity contribution in [3.63, 3.8) is 0 Å². The van der Waals surface area contributed by atoms with Gasteiger partial charge in [0.05, 0.1) is 16.1 Å². The zero-order valence-electron chi connectivity index (χ0n) is 16.7. The van der Waals surface area contributed by atoms with E-state index in [1.807, 2.05) is 12.3 Å². The number of ether oxygens (including phenoxy) is 1. The summed E-state index contributed by atoms with van der Waals surface area (Å²) >= 11 is 1.78. The first-order valence-electron chi connectivity index (χ1n) is 10.2. The van der Waals surface area contributed by atoms with Crippen molar-refractivity contribution in [2.24, 2.45) is 0 Å². The number of aromatic nitrogens is 2. The molecule has 2 aromatic rings. The second kappa shape index (κ2) is 9.03. The first-order chi connectivity index (χ1) is 13.8. The molecule has 6 nitrogen and oxygen atoms in total. The van der Waals surface area contributed by atoms with Gasteiger partial charge < -0.3 is 20.3 Å². The number of aryl methyl sites for hydroxylation is 1. The number of pyridine rings is 1. The average molecular weight is 400 g/mol. The van der Waals surface area contributed by atoms with Crippen molar-refractivity contribution in [1.29, 1.82) is 0 Å². The molecule has 2 aromatic heterocycles. The Labute approximate surface area is 170 Å². The molecule has 0 saturated carbocycles. The first kappa shape index (κ1) is 19.4. The van der Waals surface area contributed by atoms with Crippen LogP contribution in [0.4, 0.5) is 5.00 Å². The number of rotatable bonds is 7. The molecule has 150 valence electrons. The van der Waals surface area contributed by atoms with Crippen LogP contribution in [0.1, 0.15) is 36.9 Å². The number of thiazole rings is 1. The van der Waals surface area contributed by atoms with Crippen LogP contribution in [0, 0.1) is 0 Å². The number of anilines is 1. The van der Waals surface area contributed by atoms with E-state index in [1.165, 1.54) is 17.8 Å². The number of hydrogen-bond acceptors (Lipinski definition) is 7. The lowest BCUT2D eigenvalue weighted by molar-refractivity contribution is 0.166. The molecule has 28 heavy (non-hydrogen) atoms. The zero-order chi connectivity index (χ0) is 19.3. The van der Waals surface area contributed by atoms with Crippen LogP contribution in [-0.4, -0.2) is 54.3 Å². The van der Waals surface area contributed by atoms with E-state index in [0.717, 1.165) is 66.0 Å². The minimum atomic E-state index is 0.412. The largest absolute Gasteiger partial charge is 0.385 e. The van der Waals surface area contributed by atoms with Gasteiger partial charge in [-0.15, -0.1) is 11.3 Å². The maximum Gasteiger partial charge on any atom is 0.124 e. The Bertz CT molecular complexity index is 925. The van der Waals surface area contributed by atoms with Gasteiger partial charge in [-0.05, 0) is 31.4 Å². The van der Waals surface area contributed by atoms with Crippen molar-refractivity contribution in [3.8, 4) is 0 Å². The van der Waals surface area contributed by atoms with E-state index in [-0.39, 0.29) is 0 Å². The molecule has 0 spiro atoms. The number of methoxy groups -OCH3 is 1. The lowest BCUT2D eigenvalue weighted by Gasteiger charge is -2.36. The Morgan fingerprint density at radius 1 is 1.39 bits per heavy atom. The van der Waals surface area contributed by atoms with Gasteiger partial charge in [-0.2, -0.15) is 0 Å². The van der Waals surface area contributed by atoms with Crippen molar-refractivity contribution in [1.82, 2.24) is 20.2 Å². The fraction of sp³-hybridized carbons (Fsp3) is 0.524. The van der Waals surface area contributed by atoms with E-state index >= 15 is 0 Å². The van der Waals surface area contributed by atoms with E-state index in [1.54, 1.807) is 18.4 Å². The van der Waals surface area contributed by atoms with E-state index in [9.17, 15) is 0 Å². The summed E-state index contributed by atoms with van der Waals surface area (Å²) in [6.45, 7) is 5.85. The summed E-state index contributed by atoms with van der Waals surface area (Å²) in [7, 11) is 1.77. The molecule has 0 aliphatic carbocycles. The topological polar surface area (TPSA) is 62.3 Å². The van der Waals surface area contributed by atoms with Gasteiger partial charge in [0.2, 0.25) is 0 Å². The minimum absolute atomic E-state index is 0.412. The van der Waals surface area contributed by atoms with E-state index in [0.29, 0.717) is 6.04 Å². The predicted molar refractivity (Wildman–Crippen MR) is 115 cm³/mol. The maximum absolute atomic E-state index is 5.30. The fourth-order valence-electron chi connectivity index (χ4n) is 3.83. The smallest absolute Gasteiger partial charge is 0.124 e. The fourth-order valence-corrected chi connectivity index (χ4v) is 4.80. The van der Waals surface area contributed by atoms with Gasteiger partial charge in [-0.3, -0.25) is 4.98 Å². The average Bonchev–Trinajstić information content (AvgIpc) is 3.06. The molecular formula is C21H29N5OS. The lowest BCUT2D eigenvalue weighted by Crippen LogP contribution is -2.52. The number of piperazine rings is 1. The van der Waals surface area contributed by atoms with Crippen molar-refractivity contribution >= 4 is 28.2 Å². The van der Waals surface area contributed by atoms with Crippen LogP contribution < -0.4 is 21.2 Å². The summed E-state index contributed by atoms with van der Waals surface area (Å²) in [5, 5.41) is 11.6. The maximum atomic E-state index is 5.30. The van der Waals surface area contributed by atoms with Crippen LogP contribution in [0.15, 0.2) is 18.3 Å². The summed E-state index contributed by atoms with van der Waals surface area (Å²) in [6, 6.07) is 4.53. The summed E-state index contributed by atoms with van der Waals surface area (Å²) in [5.41, 5.74) is 2.21.